The maximum Gasteiger partial charge on any atom is 0.270 e. The predicted octanol–water partition coefficient (Wildman–Crippen LogP) is 2.36. The molecule has 8 heteroatoms. The van der Waals surface area contributed by atoms with E-state index in [9.17, 15) is 4.79 Å². The fourth-order valence-corrected chi connectivity index (χ4v) is 2.56. The van der Waals surface area contributed by atoms with Crippen LogP contribution in [0.25, 0.3) is 22.8 Å². The van der Waals surface area contributed by atoms with Crippen LogP contribution in [0.1, 0.15) is 35.0 Å². The highest BCUT2D eigenvalue weighted by Gasteiger charge is 2.30. The average Bonchev–Trinajstić information content (AvgIpc) is 3.39. The van der Waals surface area contributed by atoms with Crippen molar-refractivity contribution in [3.05, 3.63) is 41.9 Å². The zero-order valence-electron chi connectivity index (χ0n) is 14.5. The van der Waals surface area contributed by atoms with Crippen LogP contribution in [0.2, 0.25) is 0 Å². The quantitative estimate of drug-likeness (QED) is 0.768. The Morgan fingerprint density at radius 2 is 1.92 bits per heavy atom. The Morgan fingerprint density at radius 3 is 2.58 bits per heavy atom. The van der Waals surface area contributed by atoms with Crippen LogP contribution in [0.5, 0.6) is 0 Å². The number of rotatable bonds is 4. The number of anilines is 1. The highest BCUT2D eigenvalue weighted by molar-refractivity contribution is 5.94. The molecule has 0 atom stereocenters. The molecule has 2 N–H and O–H groups in total. The first-order chi connectivity index (χ1) is 12.5. The number of aromatic nitrogens is 4. The molecule has 0 saturated heterocycles. The van der Waals surface area contributed by atoms with Crippen LogP contribution < -0.4 is 5.73 Å². The van der Waals surface area contributed by atoms with Gasteiger partial charge in [0.05, 0.1) is 11.9 Å². The first-order valence-electron chi connectivity index (χ1n) is 8.31. The molecule has 1 fully saturated rings. The van der Waals surface area contributed by atoms with Crippen LogP contribution in [0, 0.1) is 0 Å². The van der Waals surface area contributed by atoms with Gasteiger partial charge in [0.1, 0.15) is 0 Å². The van der Waals surface area contributed by atoms with Gasteiger partial charge in [-0.25, -0.2) is 9.97 Å². The molecule has 0 bridgehead atoms. The summed E-state index contributed by atoms with van der Waals surface area (Å²) in [6.45, 7) is 0. The lowest BCUT2D eigenvalue weighted by Crippen LogP contribution is -2.21. The van der Waals surface area contributed by atoms with Crippen molar-refractivity contribution in [2.75, 3.05) is 19.8 Å². The summed E-state index contributed by atoms with van der Waals surface area (Å²) in [6.07, 6.45) is 3.72. The molecule has 1 aliphatic rings. The van der Waals surface area contributed by atoms with Gasteiger partial charge in [0.25, 0.3) is 11.8 Å². The second kappa shape index (κ2) is 6.21. The van der Waals surface area contributed by atoms with E-state index in [4.69, 9.17) is 10.2 Å². The maximum absolute atomic E-state index is 12.0. The van der Waals surface area contributed by atoms with Gasteiger partial charge >= 0.3 is 0 Å². The fourth-order valence-electron chi connectivity index (χ4n) is 2.56. The van der Waals surface area contributed by atoms with E-state index < -0.39 is 0 Å². The van der Waals surface area contributed by atoms with Gasteiger partial charge in [-0.2, -0.15) is 0 Å². The molecule has 4 rings (SSSR count). The number of nitrogen functional groups attached to an aromatic ring is 1. The zero-order valence-corrected chi connectivity index (χ0v) is 14.5. The van der Waals surface area contributed by atoms with Crippen molar-refractivity contribution < 1.29 is 9.21 Å². The number of carbonyl (C=O) groups excluding carboxylic acids is 1. The van der Waals surface area contributed by atoms with E-state index in [0.29, 0.717) is 28.8 Å². The van der Waals surface area contributed by atoms with E-state index in [1.165, 1.54) is 4.90 Å². The first kappa shape index (κ1) is 16.2. The Hall–Kier alpha value is -3.29. The standard InChI is InChI=1S/C18H18N6O2/c1-24(2)18(25)12-7-3-10(4-8-12)13-9-20-15(19)14(21-13)17-23-22-16(26-17)11-5-6-11/h3-4,7-9,11H,5-6H2,1-2H3,(H2,19,20). The van der Waals surface area contributed by atoms with Crippen molar-refractivity contribution in [1.82, 2.24) is 25.1 Å². The minimum absolute atomic E-state index is 0.0564. The Balaban J connectivity index is 1.65. The highest BCUT2D eigenvalue weighted by atomic mass is 16.4. The largest absolute Gasteiger partial charge is 0.419 e. The van der Waals surface area contributed by atoms with Crippen LogP contribution in [0.15, 0.2) is 34.9 Å². The third-order valence-electron chi connectivity index (χ3n) is 4.20. The molecule has 1 amide bonds. The molecule has 0 radical (unpaired) electrons. The van der Waals surface area contributed by atoms with Crippen LogP contribution in [-0.2, 0) is 0 Å². The molecule has 3 aromatic rings. The Morgan fingerprint density at radius 1 is 1.19 bits per heavy atom. The third-order valence-corrected chi connectivity index (χ3v) is 4.20. The van der Waals surface area contributed by atoms with Crippen LogP contribution in [0.3, 0.4) is 0 Å². The predicted molar refractivity (Wildman–Crippen MR) is 95.2 cm³/mol. The lowest BCUT2D eigenvalue weighted by molar-refractivity contribution is 0.0827. The van der Waals surface area contributed by atoms with E-state index in [-0.39, 0.29) is 17.6 Å². The van der Waals surface area contributed by atoms with Crippen molar-refractivity contribution in [3.8, 4) is 22.8 Å². The Kier molecular flexibility index (Phi) is 3.87. The molecule has 1 aliphatic carbocycles. The van der Waals surface area contributed by atoms with Gasteiger partial charge in [0.2, 0.25) is 5.89 Å². The van der Waals surface area contributed by atoms with E-state index in [0.717, 1.165) is 18.4 Å². The van der Waals surface area contributed by atoms with Crippen molar-refractivity contribution in [2.45, 2.75) is 18.8 Å². The summed E-state index contributed by atoms with van der Waals surface area (Å²) < 4.78 is 5.69. The number of amides is 1. The van der Waals surface area contributed by atoms with Crippen LogP contribution >= 0.6 is 0 Å². The molecular weight excluding hydrogens is 332 g/mol. The Bertz CT molecular complexity index is 960. The normalized spacial score (nSPS) is 13.6. The molecule has 2 aromatic heterocycles. The van der Waals surface area contributed by atoms with Crippen molar-refractivity contribution in [2.24, 2.45) is 0 Å². The van der Waals surface area contributed by atoms with Gasteiger partial charge in [-0.15, -0.1) is 10.2 Å². The minimum atomic E-state index is -0.0564. The van der Waals surface area contributed by atoms with Gasteiger partial charge in [-0.3, -0.25) is 4.79 Å². The SMILES string of the molecule is CN(C)C(=O)c1ccc(-c2cnc(N)c(-c3nnc(C4CC4)o3)n2)cc1. The molecule has 26 heavy (non-hydrogen) atoms. The fraction of sp³-hybridized carbons (Fsp3) is 0.278. The topological polar surface area (TPSA) is 111 Å². The molecular formula is C18H18N6O2. The van der Waals surface area contributed by atoms with E-state index in [1.54, 1.807) is 32.4 Å². The molecule has 2 heterocycles. The minimum Gasteiger partial charge on any atom is -0.419 e. The van der Waals surface area contributed by atoms with E-state index in [2.05, 4.69) is 20.2 Å². The summed E-state index contributed by atoms with van der Waals surface area (Å²) in [7, 11) is 3.43. The third kappa shape index (κ3) is 3.01. The first-order valence-corrected chi connectivity index (χ1v) is 8.31. The lowest BCUT2D eigenvalue weighted by atomic mass is 10.1. The summed E-state index contributed by atoms with van der Waals surface area (Å²) in [5.74, 6) is 1.44. The second-order valence-corrected chi connectivity index (χ2v) is 6.49. The number of nitrogens with two attached hydrogens (primary N) is 1. The monoisotopic (exact) mass is 350 g/mol. The average molecular weight is 350 g/mol. The van der Waals surface area contributed by atoms with Crippen LogP contribution in [-0.4, -0.2) is 45.1 Å². The van der Waals surface area contributed by atoms with Crippen molar-refractivity contribution in [3.63, 3.8) is 0 Å². The van der Waals surface area contributed by atoms with Crippen LogP contribution in [0.4, 0.5) is 5.82 Å². The summed E-state index contributed by atoms with van der Waals surface area (Å²) in [5, 5.41) is 8.11. The second-order valence-electron chi connectivity index (χ2n) is 6.49. The maximum atomic E-state index is 12.0. The number of hydrogen-bond donors (Lipinski definition) is 1. The van der Waals surface area contributed by atoms with Gasteiger partial charge in [-0.1, -0.05) is 12.1 Å². The molecule has 8 nitrogen and oxygen atoms in total. The molecule has 0 aliphatic heterocycles. The number of carbonyl (C=O) groups is 1. The highest BCUT2D eigenvalue weighted by Crippen LogP contribution is 2.40. The summed E-state index contributed by atoms with van der Waals surface area (Å²) in [5.41, 5.74) is 8.35. The van der Waals surface area contributed by atoms with Gasteiger partial charge in [-0.05, 0) is 25.0 Å². The Labute approximate surface area is 150 Å². The van der Waals surface area contributed by atoms with Crippen molar-refractivity contribution >= 4 is 11.7 Å². The molecule has 132 valence electrons. The van der Waals surface area contributed by atoms with Crippen molar-refractivity contribution in [1.29, 1.82) is 0 Å². The number of benzene rings is 1. The number of nitrogens with zero attached hydrogens (tertiary/aromatic N) is 5. The smallest absolute Gasteiger partial charge is 0.270 e. The molecule has 0 unspecified atom stereocenters. The summed E-state index contributed by atoms with van der Waals surface area (Å²) >= 11 is 0. The van der Waals surface area contributed by atoms with Gasteiger partial charge in [0.15, 0.2) is 11.5 Å². The molecule has 1 saturated carbocycles. The van der Waals surface area contributed by atoms with E-state index >= 15 is 0 Å². The zero-order chi connectivity index (χ0) is 18.3. The number of hydrogen-bond acceptors (Lipinski definition) is 7. The lowest BCUT2D eigenvalue weighted by Gasteiger charge is -2.10. The summed E-state index contributed by atoms with van der Waals surface area (Å²) in [6, 6.07) is 7.16. The van der Waals surface area contributed by atoms with Gasteiger partial charge in [0, 0.05) is 31.1 Å². The molecule has 1 aromatic carbocycles. The summed E-state index contributed by atoms with van der Waals surface area (Å²) in [4.78, 5) is 22.3. The molecule has 0 spiro atoms. The van der Waals surface area contributed by atoms with Gasteiger partial charge < -0.3 is 15.1 Å². The van der Waals surface area contributed by atoms with E-state index in [1.807, 2.05) is 12.1 Å².